The van der Waals surface area contributed by atoms with E-state index in [1.807, 2.05) is 12.1 Å². The summed E-state index contributed by atoms with van der Waals surface area (Å²) in [6.07, 6.45) is 2.08. The molecule has 6 heteroatoms. The van der Waals surface area contributed by atoms with Gasteiger partial charge in [0.05, 0.1) is 6.04 Å². The van der Waals surface area contributed by atoms with Gasteiger partial charge in [-0.25, -0.2) is 0 Å². The third-order valence-electron chi connectivity index (χ3n) is 6.14. The highest BCUT2D eigenvalue weighted by Gasteiger charge is 2.36. The highest BCUT2D eigenvalue weighted by atomic mass is 32.2. The van der Waals surface area contributed by atoms with Gasteiger partial charge in [-0.15, -0.1) is 0 Å². The van der Waals surface area contributed by atoms with E-state index in [9.17, 15) is 8.42 Å². The minimum atomic E-state index is -3.36. The van der Waals surface area contributed by atoms with Crippen molar-refractivity contribution >= 4 is 10.2 Å². The first kappa shape index (κ1) is 20.5. The van der Waals surface area contributed by atoms with Gasteiger partial charge in [0.15, 0.2) is 0 Å². The summed E-state index contributed by atoms with van der Waals surface area (Å²) in [5.41, 5.74) is 2.50. The fraction of sp³-hybridized carbons (Fsp3) is 0.478. The van der Waals surface area contributed by atoms with Gasteiger partial charge in [0.2, 0.25) is 0 Å². The van der Waals surface area contributed by atoms with Crippen LogP contribution in [0, 0.1) is 5.92 Å². The van der Waals surface area contributed by atoms with Crippen LogP contribution in [0.3, 0.4) is 0 Å². The molecular formula is C23H31N3O2S. The minimum absolute atomic E-state index is 0.150. The van der Waals surface area contributed by atoms with E-state index in [2.05, 4.69) is 60.4 Å². The lowest BCUT2D eigenvalue weighted by molar-refractivity contribution is 0.147. The third kappa shape index (κ3) is 4.56. The molecule has 2 saturated heterocycles. The van der Waals surface area contributed by atoms with Gasteiger partial charge in [-0.05, 0) is 29.9 Å². The molecule has 2 fully saturated rings. The lowest BCUT2D eigenvalue weighted by Gasteiger charge is -2.41. The predicted octanol–water partition coefficient (Wildman–Crippen LogP) is 3.37. The van der Waals surface area contributed by atoms with Crippen molar-refractivity contribution in [3.63, 3.8) is 0 Å². The van der Waals surface area contributed by atoms with Crippen molar-refractivity contribution in [2.45, 2.75) is 25.8 Å². The summed E-state index contributed by atoms with van der Waals surface area (Å²) in [6.45, 7) is 6.01. The van der Waals surface area contributed by atoms with E-state index in [0.29, 0.717) is 32.1 Å². The van der Waals surface area contributed by atoms with Crippen LogP contribution < -0.4 is 0 Å². The number of benzene rings is 2. The topological polar surface area (TPSA) is 43.9 Å². The fourth-order valence-corrected chi connectivity index (χ4v) is 6.35. The number of nitrogens with zero attached hydrogens (tertiary/aromatic N) is 3. The standard InChI is InChI=1S/C23H31N3O2S/c1-20-9-8-14-26(19-20)29(27,28)25-17-15-24(16-18-25)23(21-10-4-2-5-11-21)22-12-6-3-7-13-22/h2-7,10-13,20,23H,8-9,14-19H2,1H3. The molecule has 5 nitrogen and oxygen atoms in total. The average molecular weight is 414 g/mol. The quantitative estimate of drug-likeness (QED) is 0.755. The Morgan fingerprint density at radius 2 is 1.34 bits per heavy atom. The molecule has 2 aliphatic rings. The first-order chi connectivity index (χ1) is 14.1. The summed E-state index contributed by atoms with van der Waals surface area (Å²) >= 11 is 0. The molecule has 0 saturated carbocycles. The zero-order chi connectivity index (χ0) is 20.3. The summed E-state index contributed by atoms with van der Waals surface area (Å²) in [5.74, 6) is 0.445. The molecule has 2 aromatic carbocycles. The zero-order valence-electron chi connectivity index (χ0n) is 17.2. The largest absolute Gasteiger partial charge is 0.290 e. The van der Waals surface area contributed by atoms with Crippen LogP contribution in [0.1, 0.15) is 36.9 Å². The number of hydrogen-bond acceptors (Lipinski definition) is 3. The highest BCUT2D eigenvalue weighted by Crippen LogP contribution is 2.30. The smallest absolute Gasteiger partial charge is 0.282 e. The Bertz CT molecular complexity index is 841. The number of rotatable bonds is 5. The summed E-state index contributed by atoms with van der Waals surface area (Å²) in [5, 5.41) is 0. The molecular weight excluding hydrogens is 382 g/mol. The van der Waals surface area contributed by atoms with Gasteiger partial charge in [0, 0.05) is 39.3 Å². The predicted molar refractivity (Wildman–Crippen MR) is 117 cm³/mol. The molecule has 0 radical (unpaired) electrons. The van der Waals surface area contributed by atoms with Crippen molar-refractivity contribution in [3.05, 3.63) is 71.8 Å². The van der Waals surface area contributed by atoms with Crippen LogP contribution in [0.5, 0.6) is 0 Å². The number of hydrogen-bond donors (Lipinski definition) is 0. The third-order valence-corrected chi connectivity index (χ3v) is 8.14. The van der Waals surface area contributed by atoms with Crippen molar-refractivity contribution < 1.29 is 8.42 Å². The van der Waals surface area contributed by atoms with Gasteiger partial charge in [-0.3, -0.25) is 4.90 Å². The number of piperidine rings is 1. The maximum absolute atomic E-state index is 13.1. The second-order valence-corrected chi connectivity index (χ2v) is 10.2. The Balaban J connectivity index is 1.50. The van der Waals surface area contributed by atoms with E-state index in [-0.39, 0.29) is 6.04 Å². The molecule has 0 aliphatic carbocycles. The monoisotopic (exact) mass is 413 g/mol. The molecule has 4 rings (SSSR count). The first-order valence-corrected chi connectivity index (χ1v) is 12.0. The van der Waals surface area contributed by atoms with E-state index in [4.69, 9.17) is 0 Å². The Hall–Kier alpha value is -1.73. The van der Waals surface area contributed by atoms with Crippen molar-refractivity contribution in [2.75, 3.05) is 39.3 Å². The van der Waals surface area contributed by atoms with Crippen LogP contribution in [0.15, 0.2) is 60.7 Å². The lowest BCUT2D eigenvalue weighted by Crippen LogP contribution is -2.55. The van der Waals surface area contributed by atoms with Crippen molar-refractivity contribution in [2.24, 2.45) is 5.92 Å². The molecule has 0 spiro atoms. The second kappa shape index (κ2) is 8.96. The molecule has 0 amide bonds. The van der Waals surface area contributed by atoms with Gasteiger partial charge < -0.3 is 0 Å². The summed E-state index contributed by atoms with van der Waals surface area (Å²) < 4.78 is 29.7. The van der Waals surface area contributed by atoms with Gasteiger partial charge in [-0.2, -0.15) is 17.0 Å². The molecule has 0 aromatic heterocycles. The van der Waals surface area contributed by atoms with E-state index in [1.165, 1.54) is 11.1 Å². The van der Waals surface area contributed by atoms with Crippen LogP contribution in [0.25, 0.3) is 0 Å². The zero-order valence-corrected chi connectivity index (χ0v) is 18.0. The molecule has 1 unspecified atom stereocenters. The molecule has 29 heavy (non-hydrogen) atoms. The SMILES string of the molecule is CC1CCCN(S(=O)(=O)N2CCN(C(c3ccccc3)c3ccccc3)CC2)C1. The fourth-order valence-electron chi connectivity index (χ4n) is 4.60. The van der Waals surface area contributed by atoms with Gasteiger partial charge in [0.1, 0.15) is 0 Å². The summed E-state index contributed by atoms with van der Waals surface area (Å²) in [4.78, 5) is 2.41. The van der Waals surface area contributed by atoms with Gasteiger partial charge >= 0.3 is 0 Å². The van der Waals surface area contributed by atoms with E-state index >= 15 is 0 Å². The Morgan fingerprint density at radius 1 is 0.793 bits per heavy atom. The molecule has 2 heterocycles. The molecule has 1 atom stereocenters. The summed E-state index contributed by atoms with van der Waals surface area (Å²) in [6, 6.07) is 21.2. The Morgan fingerprint density at radius 3 is 1.86 bits per heavy atom. The molecule has 0 N–H and O–H groups in total. The van der Waals surface area contributed by atoms with E-state index < -0.39 is 10.2 Å². The van der Waals surface area contributed by atoms with Crippen LogP contribution in [0.4, 0.5) is 0 Å². The summed E-state index contributed by atoms with van der Waals surface area (Å²) in [7, 11) is -3.36. The maximum Gasteiger partial charge on any atom is 0.282 e. The van der Waals surface area contributed by atoms with Crippen LogP contribution in [-0.4, -0.2) is 61.2 Å². The highest BCUT2D eigenvalue weighted by molar-refractivity contribution is 7.86. The van der Waals surface area contributed by atoms with Gasteiger partial charge in [-0.1, -0.05) is 67.6 Å². The molecule has 2 aromatic rings. The Labute approximate surface area is 175 Å². The number of piperazine rings is 1. The van der Waals surface area contributed by atoms with Crippen LogP contribution in [-0.2, 0) is 10.2 Å². The average Bonchev–Trinajstić information content (AvgIpc) is 2.76. The minimum Gasteiger partial charge on any atom is -0.290 e. The van der Waals surface area contributed by atoms with Crippen LogP contribution in [0.2, 0.25) is 0 Å². The molecule has 0 bridgehead atoms. The maximum atomic E-state index is 13.1. The van der Waals surface area contributed by atoms with Crippen molar-refractivity contribution in [3.8, 4) is 0 Å². The molecule has 2 aliphatic heterocycles. The van der Waals surface area contributed by atoms with E-state index in [1.54, 1.807) is 8.61 Å². The second-order valence-electron chi connectivity index (χ2n) is 8.27. The van der Waals surface area contributed by atoms with Crippen LogP contribution >= 0.6 is 0 Å². The Kier molecular flexibility index (Phi) is 6.35. The normalized spacial score (nSPS) is 22.8. The lowest BCUT2D eigenvalue weighted by atomic mass is 9.96. The van der Waals surface area contributed by atoms with Gasteiger partial charge in [0.25, 0.3) is 10.2 Å². The van der Waals surface area contributed by atoms with E-state index in [0.717, 1.165) is 25.9 Å². The van der Waals surface area contributed by atoms with Crippen molar-refractivity contribution in [1.29, 1.82) is 0 Å². The molecule has 156 valence electrons. The van der Waals surface area contributed by atoms with Crippen molar-refractivity contribution in [1.82, 2.24) is 13.5 Å². The first-order valence-electron chi connectivity index (χ1n) is 10.6.